The zero-order valence-electron chi connectivity index (χ0n) is 12.7. The van der Waals surface area contributed by atoms with E-state index in [9.17, 15) is 4.79 Å². The van der Waals surface area contributed by atoms with Crippen LogP contribution < -0.4 is 11.3 Å². The van der Waals surface area contributed by atoms with Crippen LogP contribution in [0.4, 0.5) is 5.82 Å². The molecule has 24 heavy (non-hydrogen) atoms. The second kappa shape index (κ2) is 6.55. The lowest BCUT2D eigenvalue weighted by atomic mass is 10.2. The maximum Gasteiger partial charge on any atom is 0.273 e. The molecule has 0 saturated carbocycles. The number of hydrogen-bond donors (Lipinski definition) is 1. The van der Waals surface area contributed by atoms with E-state index in [1.807, 2.05) is 0 Å². The average Bonchev–Trinajstić information content (AvgIpc) is 2.97. The van der Waals surface area contributed by atoms with E-state index in [4.69, 9.17) is 33.4 Å². The normalized spacial score (nSPS) is 11.3. The van der Waals surface area contributed by atoms with Gasteiger partial charge in [-0.25, -0.2) is 0 Å². The highest BCUT2D eigenvalue weighted by atomic mass is 35.5. The highest BCUT2D eigenvalue weighted by Crippen LogP contribution is 2.34. The number of benzene rings is 1. The summed E-state index contributed by atoms with van der Waals surface area (Å²) in [5.41, 5.74) is 6.95. The maximum absolute atomic E-state index is 11.9. The molecule has 0 amide bonds. The molecule has 5 nitrogen and oxygen atoms in total. The van der Waals surface area contributed by atoms with E-state index in [0.717, 1.165) is 10.2 Å². The second-order valence-electron chi connectivity index (χ2n) is 5.16. The zero-order valence-corrected chi connectivity index (χ0v) is 14.2. The van der Waals surface area contributed by atoms with Crippen molar-refractivity contribution in [2.75, 3.05) is 5.73 Å². The molecule has 0 bridgehead atoms. The lowest BCUT2D eigenvalue weighted by Crippen LogP contribution is -2.19. The van der Waals surface area contributed by atoms with E-state index in [1.54, 1.807) is 43.3 Å². The van der Waals surface area contributed by atoms with Gasteiger partial charge >= 0.3 is 0 Å². The van der Waals surface area contributed by atoms with Gasteiger partial charge in [0.15, 0.2) is 0 Å². The lowest BCUT2D eigenvalue weighted by molar-refractivity contribution is 0.574. The summed E-state index contributed by atoms with van der Waals surface area (Å²) in [4.78, 5) is 11.9. The first kappa shape index (κ1) is 16.4. The van der Waals surface area contributed by atoms with Gasteiger partial charge in [0, 0.05) is 11.6 Å². The third-order valence-corrected chi connectivity index (χ3v) is 4.14. The number of hydrogen-bond acceptors (Lipinski definition) is 4. The SMILES string of the molecule is Cc1cc(N)n(/N=C\c2ccc(-c3cccc(Cl)c3Cl)o2)c(=O)c1. The number of rotatable bonds is 3. The molecule has 0 aliphatic rings. The van der Waals surface area contributed by atoms with Gasteiger partial charge < -0.3 is 10.2 Å². The van der Waals surface area contributed by atoms with Crippen molar-refractivity contribution in [3.63, 3.8) is 0 Å². The van der Waals surface area contributed by atoms with Crippen LogP contribution in [0.3, 0.4) is 0 Å². The van der Waals surface area contributed by atoms with E-state index >= 15 is 0 Å². The van der Waals surface area contributed by atoms with Crippen molar-refractivity contribution < 1.29 is 4.42 Å². The van der Waals surface area contributed by atoms with Crippen LogP contribution in [-0.2, 0) is 0 Å². The third kappa shape index (κ3) is 3.22. The Morgan fingerprint density at radius 1 is 1.21 bits per heavy atom. The molecule has 0 radical (unpaired) electrons. The highest BCUT2D eigenvalue weighted by Gasteiger charge is 2.10. The molecule has 122 valence electrons. The van der Waals surface area contributed by atoms with Crippen molar-refractivity contribution >= 4 is 35.2 Å². The van der Waals surface area contributed by atoms with Gasteiger partial charge in [-0.05, 0) is 42.8 Å². The molecule has 2 aromatic heterocycles. The number of aryl methyl sites for hydroxylation is 1. The summed E-state index contributed by atoms with van der Waals surface area (Å²) in [5.74, 6) is 1.25. The van der Waals surface area contributed by atoms with Gasteiger partial charge in [0.1, 0.15) is 17.3 Å². The van der Waals surface area contributed by atoms with Crippen LogP contribution in [-0.4, -0.2) is 10.9 Å². The average molecular weight is 362 g/mol. The van der Waals surface area contributed by atoms with E-state index in [0.29, 0.717) is 27.1 Å². The molecule has 3 rings (SSSR count). The molecule has 0 aliphatic carbocycles. The zero-order chi connectivity index (χ0) is 17.3. The standard InChI is InChI=1S/C17H13Cl2N3O2/c1-10-7-15(20)22(16(23)8-10)21-9-11-5-6-14(24-11)12-3-2-4-13(18)17(12)19/h2-9H,20H2,1H3/b21-9-. The minimum absolute atomic E-state index is 0.251. The number of anilines is 1. The van der Waals surface area contributed by atoms with E-state index in [1.165, 1.54) is 12.3 Å². The molecule has 0 unspecified atom stereocenters. The Morgan fingerprint density at radius 2 is 2.00 bits per heavy atom. The summed E-state index contributed by atoms with van der Waals surface area (Å²) >= 11 is 12.2. The fourth-order valence-electron chi connectivity index (χ4n) is 2.22. The van der Waals surface area contributed by atoms with E-state index in [2.05, 4.69) is 5.10 Å². The third-order valence-electron chi connectivity index (χ3n) is 3.32. The smallest absolute Gasteiger partial charge is 0.273 e. The van der Waals surface area contributed by atoms with Crippen LogP contribution in [0.5, 0.6) is 0 Å². The van der Waals surface area contributed by atoms with Crippen molar-refractivity contribution in [3.8, 4) is 11.3 Å². The van der Waals surface area contributed by atoms with Crippen LogP contribution in [0, 0.1) is 6.92 Å². The minimum atomic E-state index is -0.312. The monoisotopic (exact) mass is 361 g/mol. The quantitative estimate of drug-likeness (QED) is 0.710. The molecule has 2 heterocycles. The number of nitrogens with two attached hydrogens (primary N) is 1. The first-order chi connectivity index (χ1) is 11.5. The van der Waals surface area contributed by atoms with Crippen molar-refractivity contribution in [2.45, 2.75) is 6.92 Å². The van der Waals surface area contributed by atoms with E-state index in [-0.39, 0.29) is 11.4 Å². The van der Waals surface area contributed by atoms with Crippen LogP contribution in [0.2, 0.25) is 10.0 Å². The van der Waals surface area contributed by atoms with Crippen LogP contribution in [0.1, 0.15) is 11.3 Å². The number of furan rings is 1. The van der Waals surface area contributed by atoms with Crippen molar-refractivity contribution in [1.29, 1.82) is 0 Å². The summed E-state index contributed by atoms with van der Waals surface area (Å²) in [7, 11) is 0. The first-order valence-corrected chi connectivity index (χ1v) is 7.79. The van der Waals surface area contributed by atoms with Gasteiger partial charge in [-0.3, -0.25) is 4.79 Å². The largest absolute Gasteiger partial charge is 0.455 e. The summed E-state index contributed by atoms with van der Waals surface area (Å²) in [6, 6.07) is 11.9. The molecule has 0 saturated heterocycles. The Balaban J connectivity index is 1.92. The van der Waals surface area contributed by atoms with Gasteiger partial charge in [-0.2, -0.15) is 9.78 Å². The Kier molecular flexibility index (Phi) is 4.46. The number of nitrogen functional groups attached to an aromatic ring is 1. The topological polar surface area (TPSA) is 73.5 Å². The van der Waals surface area contributed by atoms with Crippen LogP contribution >= 0.6 is 23.2 Å². The number of aromatic nitrogens is 1. The molecule has 0 aliphatic heterocycles. The summed E-state index contributed by atoms with van der Waals surface area (Å²) in [5, 5.41) is 4.92. The first-order valence-electron chi connectivity index (χ1n) is 7.03. The Morgan fingerprint density at radius 3 is 2.75 bits per heavy atom. The number of halogens is 2. The fraction of sp³-hybridized carbons (Fsp3) is 0.0588. The van der Waals surface area contributed by atoms with Gasteiger partial charge in [-0.15, -0.1) is 0 Å². The Labute approximate surface area is 147 Å². The molecule has 2 N–H and O–H groups in total. The van der Waals surface area contributed by atoms with Gasteiger partial charge in [0.2, 0.25) is 0 Å². The molecule has 7 heteroatoms. The number of nitrogens with zero attached hydrogens (tertiary/aromatic N) is 2. The van der Waals surface area contributed by atoms with Gasteiger partial charge in [0.05, 0.1) is 16.3 Å². The second-order valence-corrected chi connectivity index (χ2v) is 5.94. The van der Waals surface area contributed by atoms with Gasteiger partial charge in [0.25, 0.3) is 5.56 Å². The van der Waals surface area contributed by atoms with Crippen molar-refractivity contribution in [3.05, 3.63) is 74.2 Å². The molecule has 3 aromatic rings. The fourth-order valence-corrected chi connectivity index (χ4v) is 2.61. The molecular weight excluding hydrogens is 349 g/mol. The predicted octanol–water partition coefficient (Wildman–Crippen LogP) is 4.19. The minimum Gasteiger partial charge on any atom is -0.455 e. The van der Waals surface area contributed by atoms with E-state index < -0.39 is 0 Å². The number of pyridine rings is 1. The van der Waals surface area contributed by atoms with Crippen molar-refractivity contribution in [2.24, 2.45) is 5.10 Å². The maximum atomic E-state index is 11.9. The van der Waals surface area contributed by atoms with Crippen molar-refractivity contribution in [1.82, 2.24) is 4.68 Å². The Hall–Kier alpha value is -2.50. The highest BCUT2D eigenvalue weighted by molar-refractivity contribution is 6.43. The summed E-state index contributed by atoms with van der Waals surface area (Å²) in [6.07, 6.45) is 1.41. The molecule has 0 fully saturated rings. The van der Waals surface area contributed by atoms with Crippen LogP contribution in [0.25, 0.3) is 11.3 Å². The summed E-state index contributed by atoms with van der Waals surface area (Å²) < 4.78 is 6.78. The predicted molar refractivity (Wildman–Crippen MR) is 97.0 cm³/mol. The molecule has 1 aromatic carbocycles. The molecular formula is C17H13Cl2N3O2. The molecule has 0 atom stereocenters. The van der Waals surface area contributed by atoms with Gasteiger partial charge in [-0.1, -0.05) is 29.3 Å². The Bertz CT molecular complexity index is 990. The summed E-state index contributed by atoms with van der Waals surface area (Å²) in [6.45, 7) is 1.79. The molecule has 0 spiro atoms. The van der Waals surface area contributed by atoms with Crippen LogP contribution in [0.15, 0.2) is 56.8 Å². The lowest BCUT2D eigenvalue weighted by Gasteiger charge is -2.03.